The SMILES string of the molecule is N=C(N)Nc1cccc(S(=O)(=O)c2cccc(C(CC(=O)O)c3ccccc3)c2N)c1. The number of nitrogen functional groups attached to an aromatic ring is 1. The predicted octanol–water partition coefficient (Wildman–Crippen LogP) is 3.01. The molecule has 0 bridgehead atoms. The van der Waals surface area contributed by atoms with Gasteiger partial charge in [0.25, 0.3) is 0 Å². The highest BCUT2D eigenvalue weighted by atomic mass is 32.2. The van der Waals surface area contributed by atoms with Gasteiger partial charge in [-0.25, -0.2) is 8.42 Å². The third kappa shape index (κ3) is 4.84. The number of hydrogen-bond donors (Lipinski definition) is 5. The number of sulfone groups is 1. The predicted molar refractivity (Wildman–Crippen MR) is 119 cm³/mol. The fourth-order valence-electron chi connectivity index (χ4n) is 3.39. The first-order chi connectivity index (χ1) is 14.7. The molecule has 160 valence electrons. The summed E-state index contributed by atoms with van der Waals surface area (Å²) in [6.07, 6.45) is -0.240. The molecule has 0 aliphatic carbocycles. The summed E-state index contributed by atoms with van der Waals surface area (Å²) in [6.45, 7) is 0. The zero-order valence-electron chi connectivity index (χ0n) is 16.4. The van der Waals surface area contributed by atoms with Crippen LogP contribution in [0.15, 0.2) is 82.6 Å². The van der Waals surface area contributed by atoms with Gasteiger partial charge >= 0.3 is 5.97 Å². The number of anilines is 2. The van der Waals surface area contributed by atoms with Crippen molar-refractivity contribution in [1.82, 2.24) is 0 Å². The van der Waals surface area contributed by atoms with E-state index >= 15 is 0 Å². The Morgan fingerprint density at radius 3 is 2.35 bits per heavy atom. The molecule has 0 heterocycles. The van der Waals surface area contributed by atoms with Crippen LogP contribution in [0, 0.1) is 5.41 Å². The molecule has 8 nitrogen and oxygen atoms in total. The van der Waals surface area contributed by atoms with Gasteiger partial charge in [-0.05, 0) is 35.4 Å². The molecule has 3 aromatic carbocycles. The van der Waals surface area contributed by atoms with E-state index in [1.165, 1.54) is 24.3 Å². The van der Waals surface area contributed by atoms with Crippen molar-refractivity contribution < 1.29 is 18.3 Å². The Labute approximate surface area is 180 Å². The summed E-state index contributed by atoms with van der Waals surface area (Å²) >= 11 is 0. The Balaban J connectivity index is 2.11. The van der Waals surface area contributed by atoms with Crippen molar-refractivity contribution in [1.29, 1.82) is 5.41 Å². The minimum Gasteiger partial charge on any atom is -0.481 e. The third-order valence-corrected chi connectivity index (χ3v) is 6.58. The maximum atomic E-state index is 13.3. The first-order valence-electron chi connectivity index (χ1n) is 9.31. The largest absolute Gasteiger partial charge is 0.481 e. The Bertz CT molecular complexity index is 1230. The average molecular weight is 439 g/mol. The van der Waals surface area contributed by atoms with Crippen molar-refractivity contribution >= 4 is 33.1 Å². The second-order valence-corrected chi connectivity index (χ2v) is 8.81. The summed E-state index contributed by atoms with van der Waals surface area (Å²) in [5.41, 5.74) is 13.1. The van der Waals surface area contributed by atoms with Gasteiger partial charge in [-0.1, -0.05) is 48.5 Å². The fourth-order valence-corrected chi connectivity index (χ4v) is 4.85. The number of rotatable bonds is 7. The van der Waals surface area contributed by atoms with Crippen molar-refractivity contribution in [2.45, 2.75) is 22.1 Å². The van der Waals surface area contributed by atoms with Crippen LogP contribution in [0.5, 0.6) is 0 Å². The van der Waals surface area contributed by atoms with E-state index in [9.17, 15) is 18.3 Å². The van der Waals surface area contributed by atoms with E-state index in [0.717, 1.165) is 5.56 Å². The molecule has 3 rings (SSSR count). The van der Waals surface area contributed by atoms with Crippen LogP contribution in [0.1, 0.15) is 23.5 Å². The number of guanidine groups is 1. The summed E-state index contributed by atoms with van der Waals surface area (Å²) in [7, 11) is -4.02. The van der Waals surface area contributed by atoms with E-state index in [1.54, 1.807) is 42.5 Å². The quantitative estimate of drug-likeness (QED) is 0.215. The maximum absolute atomic E-state index is 13.3. The van der Waals surface area contributed by atoms with Crippen LogP contribution in [-0.4, -0.2) is 25.5 Å². The molecule has 0 saturated heterocycles. The number of para-hydroxylation sites is 1. The van der Waals surface area contributed by atoms with Crippen molar-refractivity contribution in [2.75, 3.05) is 11.1 Å². The van der Waals surface area contributed by atoms with E-state index in [1.807, 2.05) is 6.07 Å². The second kappa shape index (κ2) is 8.88. The van der Waals surface area contributed by atoms with E-state index < -0.39 is 21.7 Å². The van der Waals surface area contributed by atoms with Crippen LogP contribution in [0.3, 0.4) is 0 Å². The molecular weight excluding hydrogens is 416 g/mol. The summed E-state index contributed by atoms with van der Waals surface area (Å²) in [4.78, 5) is 11.4. The normalized spacial score (nSPS) is 12.1. The summed E-state index contributed by atoms with van der Waals surface area (Å²) in [6, 6.07) is 19.4. The Hall–Kier alpha value is -3.85. The summed E-state index contributed by atoms with van der Waals surface area (Å²) in [5.74, 6) is -1.96. The number of carboxylic acids is 1. The molecular formula is C22H22N4O4S. The van der Waals surface area contributed by atoms with Gasteiger partial charge in [0.05, 0.1) is 21.9 Å². The molecule has 0 spiro atoms. The molecule has 0 aromatic heterocycles. The van der Waals surface area contributed by atoms with Gasteiger partial charge in [0.2, 0.25) is 9.84 Å². The monoisotopic (exact) mass is 438 g/mol. The van der Waals surface area contributed by atoms with Crippen LogP contribution < -0.4 is 16.8 Å². The molecule has 0 saturated carbocycles. The number of carboxylic acid groups (broad SMARTS) is 1. The Morgan fingerprint density at radius 1 is 1.03 bits per heavy atom. The second-order valence-electron chi connectivity index (χ2n) is 6.89. The van der Waals surface area contributed by atoms with Crippen LogP contribution in [0.4, 0.5) is 11.4 Å². The van der Waals surface area contributed by atoms with Gasteiger partial charge in [0.1, 0.15) is 0 Å². The zero-order valence-corrected chi connectivity index (χ0v) is 17.3. The molecule has 0 radical (unpaired) electrons. The van der Waals surface area contributed by atoms with Crippen molar-refractivity contribution in [3.63, 3.8) is 0 Å². The number of carbonyl (C=O) groups is 1. The minimum absolute atomic E-state index is 0.00235. The highest BCUT2D eigenvalue weighted by Crippen LogP contribution is 2.37. The molecule has 0 amide bonds. The Morgan fingerprint density at radius 2 is 1.71 bits per heavy atom. The highest BCUT2D eigenvalue weighted by molar-refractivity contribution is 7.91. The topological polar surface area (TPSA) is 159 Å². The smallest absolute Gasteiger partial charge is 0.304 e. The van der Waals surface area contributed by atoms with E-state index in [4.69, 9.17) is 16.9 Å². The molecule has 9 heteroatoms. The molecule has 1 unspecified atom stereocenters. The van der Waals surface area contributed by atoms with Gasteiger partial charge in [0, 0.05) is 11.6 Å². The highest BCUT2D eigenvalue weighted by Gasteiger charge is 2.26. The lowest BCUT2D eigenvalue weighted by atomic mass is 9.87. The molecule has 1 atom stereocenters. The fraction of sp³-hybridized carbons (Fsp3) is 0.0909. The standard InChI is InChI=1S/C22H22N4O4S/c23-21-17(18(13-20(27)28)14-6-2-1-3-7-14)10-5-11-19(21)31(29,30)16-9-4-8-15(12-16)26-22(24)25/h1-12,18H,13,23H2,(H,27,28)(H4,24,25,26). The van der Waals surface area contributed by atoms with Gasteiger partial charge in [-0.3, -0.25) is 10.2 Å². The van der Waals surface area contributed by atoms with Crippen LogP contribution in [0.25, 0.3) is 0 Å². The maximum Gasteiger partial charge on any atom is 0.304 e. The molecule has 0 fully saturated rings. The van der Waals surface area contributed by atoms with Gasteiger partial charge in [0.15, 0.2) is 5.96 Å². The third-order valence-electron chi connectivity index (χ3n) is 4.77. The lowest BCUT2D eigenvalue weighted by Gasteiger charge is -2.20. The molecule has 31 heavy (non-hydrogen) atoms. The first-order valence-corrected chi connectivity index (χ1v) is 10.8. The number of hydrogen-bond acceptors (Lipinski definition) is 5. The number of nitrogens with one attached hydrogen (secondary N) is 2. The molecule has 0 aliphatic rings. The molecule has 3 aromatic rings. The van der Waals surface area contributed by atoms with Crippen molar-refractivity contribution in [2.24, 2.45) is 5.73 Å². The number of aliphatic carboxylic acids is 1. The van der Waals surface area contributed by atoms with Gasteiger partial charge < -0.3 is 21.9 Å². The molecule has 0 aliphatic heterocycles. The van der Waals surface area contributed by atoms with E-state index in [-0.39, 0.29) is 27.9 Å². The molecule has 7 N–H and O–H groups in total. The van der Waals surface area contributed by atoms with Crippen LogP contribution >= 0.6 is 0 Å². The summed E-state index contributed by atoms with van der Waals surface area (Å²) < 4.78 is 26.6. The van der Waals surface area contributed by atoms with Gasteiger partial charge in [-0.2, -0.15) is 0 Å². The van der Waals surface area contributed by atoms with Crippen molar-refractivity contribution in [3.05, 3.63) is 83.9 Å². The first kappa shape index (κ1) is 21.8. The number of benzene rings is 3. The van der Waals surface area contributed by atoms with Crippen LogP contribution in [-0.2, 0) is 14.6 Å². The summed E-state index contributed by atoms with van der Waals surface area (Å²) in [5, 5.41) is 19.3. The minimum atomic E-state index is -4.02. The zero-order chi connectivity index (χ0) is 22.6. The lowest BCUT2D eigenvalue weighted by Crippen LogP contribution is -2.20. The Kier molecular flexibility index (Phi) is 6.26. The average Bonchev–Trinajstić information content (AvgIpc) is 2.72. The van der Waals surface area contributed by atoms with E-state index in [2.05, 4.69) is 5.32 Å². The lowest BCUT2D eigenvalue weighted by molar-refractivity contribution is -0.137. The van der Waals surface area contributed by atoms with Gasteiger partial charge in [-0.15, -0.1) is 0 Å². The number of nitrogens with two attached hydrogens (primary N) is 2. The van der Waals surface area contributed by atoms with E-state index in [0.29, 0.717) is 11.3 Å². The van der Waals surface area contributed by atoms with Crippen LogP contribution in [0.2, 0.25) is 0 Å². The van der Waals surface area contributed by atoms with Crippen molar-refractivity contribution in [3.8, 4) is 0 Å².